The van der Waals surface area contributed by atoms with Crippen LogP contribution in [0.25, 0.3) is 0 Å². The lowest BCUT2D eigenvalue weighted by Gasteiger charge is -2.15. The molecule has 1 atom stereocenters. The lowest BCUT2D eigenvalue weighted by molar-refractivity contribution is -0.120. The van der Waals surface area contributed by atoms with E-state index in [2.05, 4.69) is 16.0 Å². The van der Waals surface area contributed by atoms with Gasteiger partial charge in [-0.1, -0.05) is 12.1 Å². The minimum absolute atomic E-state index is 0.0861. The van der Waals surface area contributed by atoms with Crippen LogP contribution in [0, 0.1) is 0 Å². The average Bonchev–Trinajstić information content (AvgIpc) is 3.11. The van der Waals surface area contributed by atoms with Gasteiger partial charge in [-0.3, -0.25) is 4.79 Å². The molecular formula is C17H21N3O3S. The molecule has 7 heteroatoms. The third kappa shape index (κ3) is 5.66. The van der Waals surface area contributed by atoms with Crippen LogP contribution in [0.5, 0.6) is 0 Å². The number of benzene rings is 1. The van der Waals surface area contributed by atoms with Crippen molar-refractivity contribution in [2.75, 3.05) is 12.8 Å². The van der Waals surface area contributed by atoms with Gasteiger partial charge in [0.1, 0.15) is 5.76 Å². The van der Waals surface area contributed by atoms with Crippen LogP contribution in [-0.4, -0.2) is 24.7 Å². The highest BCUT2D eigenvalue weighted by Gasteiger charge is 2.11. The van der Waals surface area contributed by atoms with Crippen LogP contribution in [0.2, 0.25) is 0 Å². The predicted octanol–water partition coefficient (Wildman–Crippen LogP) is 2.68. The molecule has 1 aromatic carbocycles. The van der Waals surface area contributed by atoms with Crippen LogP contribution in [0.1, 0.15) is 24.3 Å². The molecule has 128 valence electrons. The van der Waals surface area contributed by atoms with Crippen LogP contribution in [-0.2, 0) is 11.3 Å². The van der Waals surface area contributed by atoms with Crippen LogP contribution >= 0.6 is 11.8 Å². The fraction of sp³-hybridized carbons (Fsp3) is 0.294. The molecule has 0 aliphatic heterocycles. The number of carbonyl (C=O) groups is 2. The van der Waals surface area contributed by atoms with Crippen molar-refractivity contribution in [3.63, 3.8) is 0 Å². The van der Waals surface area contributed by atoms with Crippen LogP contribution in [0.4, 0.5) is 4.79 Å². The fourth-order valence-corrected chi connectivity index (χ4v) is 2.48. The molecule has 1 aromatic heterocycles. The van der Waals surface area contributed by atoms with Gasteiger partial charge < -0.3 is 20.4 Å². The monoisotopic (exact) mass is 347 g/mol. The quantitative estimate of drug-likeness (QED) is 0.673. The Morgan fingerprint density at radius 1 is 1.17 bits per heavy atom. The molecule has 0 saturated heterocycles. The summed E-state index contributed by atoms with van der Waals surface area (Å²) in [4.78, 5) is 24.7. The summed E-state index contributed by atoms with van der Waals surface area (Å²) in [5, 5.41) is 7.98. The molecule has 0 aliphatic carbocycles. The van der Waals surface area contributed by atoms with E-state index in [1.54, 1.807) is 23.9 Å². The van der Waals surface area contributed by atoms with Crippen LogP contribution in [0.3, 0.4) is 0 Å². The minimum atomic E-state index is -0.418. The highest BCUT2D eigenvalue weighted by atomic mass is 32.2. The Hall–Kier alpha value is -2.41. The number of hydrogen-bond acceptors (Lipinski definition) is 4. The van der Waals surface area contributed by atoms with E-state index in [0.717, 1.165) is 5.56 Å². The predicted molar refractivity (Wildman–Crippen MR) is 93.7 cm³/mol. The first kappa shape index (κ1) is 17.9. The highest BCUT2D eigenvalue weighted by Crippen LogP contribution is 2.18. The summed E-state index contributed by atoms with van der Waals surface area (Å²) in [6.07, 6.45) is 3.55. The van der Waals surface area contributed by atoms with Crippen LogP contribution in [0.15, 0.2) is 52.0 Å². The maximum atomic E-state index is 11.9. The van der Waals surface area contributed by atoms with Gasteiger partial charge in [-0.2, -0.15) is 0 Å². The molecule has 2 aromatic rings. The first-order valence-corrected chi connectivity index (χ1v) is 8.78. The molecule has 3 N–H and O–H groups in total. The summed E-state index contributed by atoms with van der Waals surface area (Å²) < 4.78 is 5.10. The molecule has 0 aliphatic rings. The lowest BCUT2D eigenvalue weighted by Crippen LogP contribution is -2.42. The Kier molecular flexibility index (Phi) is 6.74. The van der Waals surface area contributed by atoms with Gasteiger partial charge in [0.2, 0.25) is 5.91 Å². The molecule has 0 saturated carbocycles. The Bertz CT molecular complexity index is 656. The molecule has 0 radical (unpaired) electrons. The number of rotatable bonds is 7. The minimum Gasteiger partial charge on any atom is -0.467 e. The SMILES string of the molecule is CSc1ccc([C@H](C)NC(=O)CNC(=O)NCc2ccco2)cc1. The van der Waals surface area contributed by atoms with E-state index in [9.17, 15) is 9.59 Å². The van der Waals surface area contributed by atoms with Crippen molar-refractivity contribution in [2.45, 2.75) is 24.4 Å². The van der Waals surface area contributed by atoms with Gasteiger partial charge in [-0.15, -0.1) is 11.8 Å². The lowest BCUT2D eigenvalue weighted by atomic mass is 10.1. The summed E-state index contributed by atoms with van der Waals surface area (Å²) in [5.74, 6) is 0.404. The molecule has 3 amide bonds. The molecule has 0 fully saturated rings. The average molecular weight is 347 g/mol. The molecule has 0 bridgehead atoms. The zero-order valence-corrected chi connectivity index (χ0v) is 14.5. The van der Waals surface area contributed by atoms with E-state index < -0.39 is 6.03 Å². The maximum Gasteiger partial charge on any atom is 0.315 e. The van der Waals surface area contributed by atoms with Gasteiger partial charge in [-0.05, 0) is 43.0 Å². The van der Waals surface area contributed by atoms with Crippen LogP contribution < -0.4 is 16.0 Å². The van der Waals surface area contributed by atoms with Gasteiger partial charge in [0.25, 0.3) is 0 Å². The first-order chi connectivity index (χ1) is 11.6. The van der Waals surface area contributed by atoms with E-state index in [-0.39, 0.29) is 25.0 Å². The molecule has 2 rings (SSSR count). The second-order valence-electron chi connectivity index (χ2n) is 5.18. The zero-order chi connectivity index (χ0) is 17.4. The summed E-state index contributed by atoms with van der Waals surface area (Å²) >= 11 is 1.67. The third-order valence-corrected chi connectivity index (χ3v) is 4.15. The number of urea groups is 1. The van der Waals surface area contributed by atoms with E-state index in [1.165, 1.54) is 11.2 Å². The van der Waals surface area contributed by atoms with Gasteiger partial charge in [0.05, 0.1) is 25.4 Å². The summed E-state index contributed by atoms with van der Waals surface area (Å²) in [6, 6.07) is 11.0. The van der Waals surface area contributed by atoms with Crippen molar-refractivity contribution >= 4 is 23.7 Å². The molecule has 24 heavy (non-hydrogen) atoms. The number of nitrogens with one attached hydrogen (secondary N) is 3. The van der Waals surface area contributed by atoms with Crippen molar-refractivity contribution in [2.24, 2.45) is 0 Å². The third-order valence-electron chi connectivity index (χ3n) is 3.41. The summed E-state index contributed by atoms with van der Waals surface area (Å²) in [6.45, 7) is 2.10. The van der Waals surface area contributed by atoms with Gasteiger partial charge in [-0.25, -0.2) is 4.79 Å². The second kappa shape index (κ2) is 9.02. The summed E-state index contributed by atoms with van der Waals surface area (Å²) in [7, 11) is 0. The van der Waals surface area contributed by atoms with Crippen molar-refractivity contribution in [3.05, 3.63) is 54.0 Å². The first-order valence-electron chi connectivity index (χ1n) is 7.56. The van der Waals surface area contributed by atoms with Crippen molar-refractivity contribution < 1.29 is 14.0 Å². The number of furan rings is 1. The van der Waals surface area contributed by atoms with E-state index in [0.29, 0.717) is 5.76 Å². The van der Waals surface area contributed by atoms with Gasteiger partial charge in [0, 0.05) is 4.90 Å². The van der Waals surface area contributed by atoms with E-state index in [1.807, 2.05) is 37.4 Å². The van der Waals surface area contributed by atoms with Gasteiger partial charge >= 0.3 is 6.03 Å². The maximum absolute atomic E-state index is 11.9. The second-order valence-corrected chi connectivity index (χ2v) is 6.06. The standard InChI is InChI=1S/C17H21N3O3S/c1-12(13-5-7-15(24-2)8-6-13)20-16(21)11-19-17(22)18-10-14-4-3-9-23-14/h3-9,12H,10-11H2,1-2H3,(H,20,21)(H2,18,19,22)/t12-/m0/s1. The number of thioether (sulfide) groups is 1. The Morgan fingerprint density at radius 3 is 2.54 bits per heavy atom. The molecule has 0 spiro atoms. The van der Waals surface area contributed by atoms with Crippen molar-refractivity contribution in [1.29, 1.82) is 0 Å². The normalized spacial score (nSPS) is 11.6. The topological polar surface area (TPSA) is 83.4 Å². The Balaban J connectivity index is 1.70. The Labute approximate surface area is 145 Å². The Morgan fingerprint density at radius 2 is 1.92 bits per heavy atom. The van der Waals surface area contributed by atoms with Crippen molar-refractivity contribution in [3.8, 4) is 0 Å². The molecular weight excluding hydrogens is 326 g/mol. The van der Waals surface area contributed by atoms with E-state index >= 15 is 0 Å². The number of hydrogen-bond donors (Lipinski definition) is 3. The molecule has 1 heterocycles. The van der Waals surface area contributed by atoms with Gasteiger partial charge in [0.15, 0.2) is 0 Å². The number of amides is 3. The van der Waals surface area contributed by atoms with E-state index in [4.69, 9.17) is 4.42 Å². The largest absolute Gasteiger partial charge is 0.467 e. The van der Waals surface area contributed by atoms with Crippen molar-refractivity contribution in [1.82, 2.24) is 16.0 Å². The zero-order valence-electron chi connectivity index (χ0n) is 13.7. The fourth-order valence-electron chi connectivity index (χ4n) is 2.07. The molecule has 0 unspecified atom stereocenters. The summed E-state index contributed by atoms with van der Waals surface area (Å²) in [5.41, 5.74) is 1.02. The molecule has 6 nitrogen and oxygen atoms in total. The smallest absolute Gasteiger partial charge is 0.315 e. The number of carbonyl (C=O) groups excluding carboxylic acids is 2. The highest BCUT2D eigenvalue weighted by molar-refractivity contribution is 7.98.